The number of hydrogen-bond acceptors (Lipinski definition) is 4. The molecule has 0 radical (unpaired) electrons. The number of fused-ring (bicyclic) bond motifs is 1. The van der Waals surface area contributed by atoms with Crippen molar-refractivity contribution >= 4 is 22.9 Å². The third kappa shape index (κ3) is 3.41. The van der Waals surface area contributed by atoms with Crippen LogP contribution in [0.3, 0.4) is 0 Å². The Labute approximate surface area is 159 Å². The molecule has 0 bridgehead atoms. The van der Waals surface area contributed by atoms with E-state index in [2.05, 4.69) is 5.16 Å². The van der Waals surface area contributed by atoms with Gasteiger partial charge in [0.25, 0.3) is 5.91 Å². The van der Waals surface area contributed by atoms with Gasteiger partial charge >= 0.3 is 0 Å². The number of aromatic nitrogens is 1. The molecule has 6 heteroatoms. The maximum Gasteiger partial charge on any atom is 0.267 e. The summed E-state index contributed by atoms with van der Waals surface area (Å²) in [5.41, 5.74) is 4.72. The second-order valence-corrected chi connectivity index (χ2v) is 6.16. The monoisotopic (exact) mass is 374 g/mol. The molecule has 0 aliphatic rings. The molecule has 28 heavy (non-hydrogen) atoms. The number of nitrogens with one attached hydrogen (secondary N) is 1. The lowest BCUT2D eigenvalue weighted by Gasteiger charge is -2.05. The number of carbonyl (C=O) groups is 1. The first-order valence-electron chi connectivity index (χ1n) is 8.52. The summed E-state index contributed by atoms with van der Waals surface area (Å²) in [5.74, 6) is -0.552. The SMILES string of the molecule is O=C(/C=C/c1ccc2noc(-c3ccc(-c4ccccc4)c(F)c3)c2c1)NO. The maximum atomic E-state index is 14.7. The summed E-state index contributed by atoms with van der Waals surface area (Å²) in [6, 6.07) is 19.5. The van der Waals surface area contributed by atoms with E-state index in [0.717, 1.165) is 5.56 Å². The van der Waals surface area contributed by atoms with Crippen LogP contribution in [-0.2, 0) is 4.79 Å². The summed E-state index contributed by atoms with van der Waals surface area (Å²) in [6.07, 6.45) is 2.74. The predicted octanol–water partition coefficient (Wildman–Crippen LogP) is 4.82. The normalized spacial score (nSPS) is 11.2. The molecule has 1 aromatic heterocycles. The topological polar surface area (TPSA) is 75.4 Å². The van der Waals surface area contributed by atoms with Gasteiger partial charge in [-0.1, -0.05) is 53.7 Å². The van der Waals surface area contributed by atoms with Crippen LogP contribution < -0.4 is 5.48 Å². The molecule has 0 saturated heterocycles. The molecule has 4 rings (SSSR count). The highest BCUT2D eigenvalue weighted by atomic mass is 19.1. The van der Waals surface area contributed by atoms with Gasteiger partial charge in [0.2, 0.25) is 0 Å². The highest BCUT2D eigenvalue weighted by Gasteiger charge is 2.14. The minimum atomic E-state index is -0.635. The van der Waals surface area contributed by atoms with Gasteiger partial charge in [-0.05, 0) is 35.4 Å². The second kappa shape index (κ2) is 7.46. The number of amides is 1. The Morgan fingerprint density at radius 1 is 1.04 bits per heavy atom. The molecule has 3 aromatic carbocycles. The largest absolute Gasteiger partial charge is 0.355 e. The summed E-state index contributed by atoms with van der Waals surface area (Å²) in [5, 5.41) is 13.3. The molecule has 138 valence electrons. The molecule has 0 saturated carbocycles. The molecule has 2 N–H and O–H groups in total. The van der Waals surface area contributed by atoms with Crippen LogP contribution in [0.2, 0.25) is 0 Å². The number of hydroxylamine groups is 1. The van der Waals surface area contributed by atoms with E-state index < -0.39 is 5.91 Å². The quantitative estimate of drug-likeness (QED) is 0.305. The van der Waals surface area contributed by atoms with Crippen molar-refractivity contribution in [2.24, 2.45) is 0 Å². The summed E-state index contributed by atoms with van der Waals surface area (Å²) >= 11 is 0. The predicted molar refractivity (Wildman–Crippen MR) is 104 cm³/mol. The number of halogens is 1. The molecular weight excluding hydrogens is 359 g/mol. The third-order valence-corrected chi connectivity index (χ3v) is 4.35. The van der Waals surface area contributed by atoms with Gasteiger partial charge in [0, 0.05) is 17.2 Å². The highest BCUT2D eigenvalue weighted by molar-refractivity contribution is 5.95. The van der Waals surface area contributed by atoms with Gasteiger partial charge in [-0.15, -0.1) is 0 Å². The van der Waals surface area contributed by atoms with E-state index in [1.165, 1.54) is 17.6 Å². The number of nitrogens with zero attached hydrogens (tertiary/aromatic N) is 1. The Bertz CT molecular complexity index is 1180. The van der Waals surface area contributed by atoms with Crippen molar-refractivity contribution in [2.75, 3.05) is 0 Å². The molecule has 5 nitrogen and oxygen atoms in total. The van der Waals surface area contributed by atoms with Gasteiger partial charge in [-0.2, -0.15) is 0 Å². The zero-order valence-electron chi connectivity index (χ0n) is 14.6. The molecule has 0 aliphatic carbocycles. The summed E-state index contributed by atoms with van der Waals surface area (Å²) in [4.78, 5) is 11.2. The van der Waals surface area contributed by atoms with Crippen LogP contribution in [-0.4, -0.2) is 16.3 Å². The van der Waals surface area contributed by atoms with Gasteiger partial charge in [0.05, 0.1) is 5.39 Å². The summed E-state index contributed by atoms with van der Waals surface area (Å²) in [7, 11) is 0. The van der Waals surface area contributed by atoms with Crippen LogP contribution in [0, 0.1) is 5.82 Å². The van der Waals surface area contributed by atoms with Crippen molar-refractivity contribution in [1.29, 1.82) is 0 Å². The average Bonchev–Trinajstić information content (AvgIpc) is 3.15. The van der Waals surface area contributed by atoms with E-state index in [0.29, 0.717) is 33.4 Å². The van der Waals surface area contributed by atoms with E-state index in [1.807, 2.05) is 30.3 Å². The molecule has 0 unspecified atom stereocenters. The molecular formula is C22H15FN2O3. The minimum absolute atomic E-state index is 0.357. The minimum Gasteiger partial charge on any atom is -0.355 e. The smallest absolute Gasteiger partial charge is 0.267 e. The number of carbonyl (C=O) groups excluding carboxylic acids is 1. The van der Waals surface area contributed by atoms with E-state index >= 15 is 0 Å². The van der Waals surface area contributed by atoms with Crippen LogP contribution in [0.15, 0.2) is 77.3 Å². The lowest BCUT2D eigenvalue weighted by atomic mass is 10.0. The second-order valence-electron chi connectivity index (χ2n) is 6.16. The van der Waals surface area contributed by atoms with E-state index in [-0.39, 0.29) is 5.82 Å². The average molecular weight is 374 g/mol. The van der Waals surface area contributed by atoms with Gasteiger partial charge in [0.1, 0.15) is 11.3 Å². The Balaban J connectivity index is 1.74. The summed E-state index contributed by atoms with van der Waals surface area (Å²) < 4.78 is 20.2. The maximum absolute atomic E-state index is 14.7. The highest BCUT2D eigenvalue weighted by Crippen LogP contribution is 2.32. The van der Waals surface area contributed by atoms with Crippen LogP contribution in [0.1, 0.15) is 5.56 Å². The van der Waals surface area contributed by atoms with Crippen molar-refractivity contribution in [3.63, 3.8) is 0 Å². The van der Waals surface area contributed by atoms with Crippen molar-refractivity contribution < 1.29 is 18.9 Å². The standard InChI is InChI=1S/C22H15FN2O3/c23-19-13-16(8-9-17(19)15-4-2-1-3-5-15)22-18-12-14(7-11-21(26)24-27)6-10-20(18)25-28-22/h1-13,27H,(H,24,26)/b11-7+. The Morgan fingerprint density at radius 3 is 2.61 bits per heavy atom. The van der Waals surface area contributed by atoms with Crippen LogP contribution >= 0.6 is 0 Å². The molecule has 1 heterocycles. The lowest BCUT2D eigenvalue weighted by Crippen LogP contribution is -2.14. The summed E-state index contributed by atoms with van der Waals surface area (Å²) in [6.45, 7) is 0. The van der Waals surface area contributed by atoms with Crippen molar-refractivity contribution in [1.82, 2.24) is 10.6 Å². The van der Waals surface area contributed by atoms with Gasteiger partial charge in [-0.25, -0.2) is 9.87 Å². The van der Waals surface area contributed by atoms with Crippen LogP contribution in [0.25, 0.3) is 39.4 Å². The molecule has 0 aliphatic heterocycles. The molecule has 1 amide bonds. The molecule has 0 spiro atoms. The van der Waals surface area contributed by atoms with Crippen molar-refractivity contribution in [3.8, 4) is 22.5 Å². The van der Waals surface area contributed by atoms with Gasteiger partial charge < -0.3 is 4.52 Å². The zero-order valence-corrected chi connectivity index (χ0v) is 14.6. The fourth-order valence-electron chi connectivity index (χ4n) is 2.99. The Morgan fingerprint density at radius 2 is 1.86 bits per heavy atom. The van der Waals surface area contributed by atoms with Crippen molar-refractivity contribution in [2.45, 2.75) is 0 Å². The fourth-order valence-corrected chi connectivity index (χ4v) is 2.99. The fraction of sp³-hybridized carbons (Fsp3) is 0. The molecule has 0 fully saturated rings. The number of benzene rings is 3. The number of hydrogen-bond donors (Lipinski definition) is 2. The zero-order chi connectivity index (χ0) is 19.5. The first-order valence-corrected chi connectivity index (χ1v) is 8.52. The van der Waals surface area contributed by atoms with Gasteiger partial charge in [0.15, 0.2) is 5.76 Å². The van der Waals surface area contributed by atoms with Gasteiger partial charge in [-0.3, -0.25) is 10.0 Å². The Kier molecular flexibility index (Phi) is 4.70. The Hall–Kier alpha value is -3.77. The molecule has 4 aromatic rings. The third-order valence-electron chi connectivity index (χ3n) is 4.35. The van der Waals surface area contributed by atoms with Crippen LogP contribution in [0.5, 0.6) is 0 Å². The first-order chi connectivity index (χ1) is 13.7. The van der Waals surface area contributed by atoms with Crippen LogP contribution in [0.4, 0.5) is 4.39 Å². The van der Waals surface area contributed by atoms with E-state index in [1.54, 1.807) is 36.4 Å². The lowest BCUT2D eigenvalue weighted by molar-refractivity contribution is -0.124. The number of rotatable bonds is 4. The first kappa shape index (κ1) is 17.6. The molecule has 0 atom stereocenters. The van der Waals surface area contributed by atoms with E-state index in [4.69, 9.17) is 9.73 Å². The van der Waals surface area contributed by atoms with Crippen molar-refractivity contribution in [3.05, 3.63) is 84.2 Å². The van der Waals surface area contributed by atoms with E-state index in [9.17, 15) is 9.18 Å².